The number of pyridine rings is 1. The van der Waals surface area contributed by atoms with Crippen LogP contribution in [-0.4, -0.2) is 25.7 Å². The first-order valence-electron chi connectivity index (χ1n) is 8.12. The van der Waals surface area contributed by atoms with E-state index in [0.717, 1.165) is 5.56 Å². The number of oxazole rings is 1. The molecule has 0 spiro atoms. The van der Waals surface area contributed by atoms with Gasteiger partial charge in [0.05, 0.1) is 18.4 Å². The molecule has 0 saturated carbocycles. The summed E-state index contributed by atoms with van der Waals surface area (Å²) in [5.41, 5.74) is 2.49. The van der Waals surface area contributed by atoms with Crippen LogP contribution in [0.25, 0.3) is 22.5 Å². The third kappa shape index (κ3) is 3.61. The van der Waals surface area contributed by atoms with Gasteiger partial charge >= 0.3 is 12.1 Å². The normalized spacial score (nSPS) is 11.9. The standard InChI is InChI=1S/C18H13F3N4O3/c1-24-9-11(8-22-24)10-25-16-15(27-17(25)26)7-6-14(23-16)12-2-4-13(5-3-12)28-18(19,20)21/h2-9H,10H2,1H3. The highest BCUT2D eigenvalue weighted by molar-refractivity contribution is 5.74. The lowest BCUT2D eigenvalue weighted by Gasteiger charge is -2.09. The number of aromatic nitrogens is 4. The fourth-order valence-corrected chi connectivity index (χ4v) is 2.81. The van der Waals surface area contributed by atoms with Gasteiger partial charge in [0, 0.05) is 24.4 Å². The molecule has 0 aliphatic heterocycles. The van der Waals surface area contributed by atoms with Gasteiger partial charge in [-0.15, -0.1) is 13.2 Å². The van der Waals surface area contributed by atoms with Crippen molar-refractivity contribution in [2.24, 2.45) is 7.05 Å². The number of nitrogens with zero attached hydrogens (tertiary/aromatic N) is 4. The summed E-state index contributed by atoms with van der Waals surface area (Å²) in [6.07, 6.45) is -1.35. The highest BCUT2D eigenvalue weighted by atomic mass is 19.4. The van der Waals surface area contributed by atoms with Crippen molar-refractivity contribution in [3.05, 3.63) is 64.9 Å². The highest BCUT2D eigenvalue weighted by Gasteiger charge is 2.31. The first-order valence-corrected chi connectivity index (χ1v) is 8.12. The van der Waals surface area contributed by atoms with Crippen LogP contribution >= 0.6 is 0 Å². The van der Waals surface area contributed by atoms with E-state index in [0.29, 0.717) is 22.5 Å². The third-order valence-corrected chi connectivity index (χ3v) is 4.00. The zero-order valence-electron chi connectivity index (χ0n) is 14.5. The summed E-state index contributed by atoms with van der Waals surface area (Å²) >= 11 is 0. The van der Waals surface area contributed by atoms with Crippen molar-refractivity contribution in [1.82, 2.24) is 19.3 Å². The van der Waals surface area contributed by atoms with Crippen molar-refractivity contribution < 1.29 is 22.3 Å². The summed E-state index contributed by atoms with van der Waals surface area (Å²) in [6, 6.07) is 8.54. The zero-order valence-corrected chi connectivity index (χ0v) is 14.5. The summed E-state index contributed by atoms with van der Waals surface area (Å²) < 4.78 is 48.9. The second-order valence-electron chi connectivity index (χ2n) is 6.07. The Balaban J connectivity index is 1.69. The molecular formula is C18H13F3N4O3. The SMILES string of the molecule is Cn1cc(Cn2c(=O)oc3ccc(-c4ccc(OC(F)(F)F)cc4)nc32)cn1. The van der Waals surface area contributed by atoms with Crippen LogP contribution in [0.15, 0.2) is 58.0 Å². The van der Waals surface area contributed by atoms with E-state index in [1.807, 2.05) is 0 Å². The third-order valence-electron chi connectivity index (χ3n) is 4.00. The molecule has 1 aromatic carbocycles. The number of halogens is 3. The number of rotatable bonds is 4. The molecule has 3 aromatic heterocycles. The van der Waals surface area contributed by atoms with Crippen LogP contribution < -0.4 is 10.5 Å². The van der Waals surface area contributed by atoms with E-state index in [2.05, 4.69) is 14.8 Å². The summed E-state index contributed by atoms with van der Waals surface area (Å²) in [4.78, 5) is 16.6. The Bertz CT molecular complexity index is 1190. The minimum Gasteiger partial charge on any atom is -0.406 e. The maximum Gasteiger partial charge on any atom is 0.573 e. The predicted octanol–water partition coefficient (Wildman–Crippen LogP) is 3.34. The van der Waals surface area contributed by atoms with Crippen molar-refractivity contribution in [1.29, 1.82) is 0 Å². The van der Waals surface area contributed by atoms with Gasteiger partial charge in [-0.05, 0) is 36.4 Å². The monoisotopic (exact) mass is 390 g/mol. The van der Waals surface area contributed by atoms with E-state index in [4.69, 9.17) is 4.42 Å². The molecule has 10 heteroatoms. The summed E-state index contributed by atoms with van der Waals surface area (Å²) in [5, 5.41) is 4.06. The van der Waals surface area contributed by atoms with Crippen molar-refractivity contribution in [3.8, 4) is 17.0 Å². The molecule has 0 aliphatic rings. The van der Waals surface area contributed by atoms with Gasteiger partial charge in [-0.25, -0.2) is 9.78 Å². The van der Waals surface area contributed by atoms with E-state index in [1.165, 1.54) is 28.8 Å². The van der Waals surface area contributed by atoms with Crippen molar-refractivity contribution in [3.63, 3.8) is 0 Å². The molecule has 0 fully saturated rings. The number of hydrogen-bond donors (Lipinski definition) is 0. The topological polar surface area (TPSA) is 75.1 Å². The Labute approximate surface area is 155 Å². The number of benzene rings is 1. The van der Waals surface area contributed by atoms with E-state index < -0.39 is 12.1 Å². The van der Waals surface area contributed by atoms with Gasteiger partial charge in [0.2, 0.25) is 0 Å². The molecule has 4 rings (SSSR count). The van der Waals surface area contributed by atoms with Crippen LogP contribution in [0.3, 0.4) is 0 Å². The molecular weight excluding hydrogens is 377 g/mol. The molecule has 0 bridgehead atoms. The smallest absolute Gasteiger partial charge is 0.406 e. The number of aryl methyl sites for hydroxylation is 1. The summed E-state index contributed by atoms with van der Waals surface area (Å²) in [5.74, 6) is -0.883. The molecule has 28 heavy (non-hydrogen) atoms. The van der Waals surface area contributed by atoms with Gasteiger partial charge in [0.25, 0.3) is 0 Å². The Morgan fingerprint density at radius 2 is 1.89 bits per heavy atom. The van der Waals surface area contributed by atoms with Gasteiger partial charge in [-0.2, -0.15) is 5.10 Å². The van der Waals surface area contributed by atoms with Crippen LogP contribution in [0.5, 0.6) is 5.75 Å². The van der Waals surface area contributed by atoms with Gasteiger partial charge in [-0.1, -0.05) is 0 Å². The molecule has 0 aliphatic carbocycles. The van der Waals surface area contributed by atoms with Gasteiger partial charge in [0.1, 0.15) is 5.75 Å². The van der Waals surface area contributed by atoms with Gasteiger partial charge < -0.3 is 9.15 Å². The Hall–Kier alpha value is -3.56. The quantitative estimate of drug-likeness (QED) is 0.534. The van der Waals surface area contributed by atoms with E-state index in [9.17, 15) is 18.0 Å². The Morgan fingerprint density at radius 1 is 1.14 bits per heavy atom. The molecule has 0 amide bonds. The molecule has 0 radical (unpaired) electrons. The van der Waals surface area contributed by atoms with Gasteiger partial charge in [0.15, 0.2) is 11.2 Å². The number of alkyl halides is 3. The highest BCUT2D eigenvalue weighted by Crippen LogP contribution is 2.26. The maximum atomic E-state index is 12.3. The fraction of sp³-hybridized carbons (Fsp3) is 0.167. The number of ether oxygens (including phenoxy) is 1. The molecule has 3 heterocycles. The Morgan fingerprint density at radius 3 is 2.54 bits per heavy atom. The van der Waals surface area contributed by atoms with Crippen LogP contribution in [0.2, 0.25) is 0 Å². The number of fused-ring (bicyclic) bond motifs is 1. The van der Waals surface area contributed by atoms with Crippen molar-refractivity contribution in [2.45, 2.75) is 12.9 Å². The minimum atomic E-state index is -4.75. The van der Waals surface area contributed by atoms with E-state index in [-0.39, 0.29) is 12.3 Å². The van der Waals surface area contributed by atoms with Crippen molar-refractivity contribution >= 4 is 11.2 Å². The Kier molecular flexibility index (Phi) is 4.17. The lowest BCUT2D eigenvalue weighted by atomic mass is 10.1. The molecule has 7 nitrogen and oxygen atoms in total. The van der Waals surface area contributed by atoms with Gasteiger partial charge in [-0.3, -0.25) is 9.25 Å². The lowest BCUT2D eigenvalue weighted by Crippen LogP contribution is -2.16. The van der Waals surface area contributed by atoms with Crippen LogP contribution in [0.1, 0.15) is 5.56 Å². The van der Waals surface area contributed by atoms with Crippen LogP contribution in [0, 0.1) is 0 Å². The second kappa shape index (κ2) is 6.55. The van der Waals surface area contributed by atoms with Crippen molar-refractivity contribution in [2.75, 3.05) is 0 Å². The molecule has 0 unspecified atom stereocenters. The maximum absolute atomic E-state index is 12.3. The average molecular weight is 390 g/mol. The number of hydrogen-bond acceptors (Lipinski definition) is 5. The second-order valence-corrected chi connectivity index (χ2v) is 6.07. The zero-order chi connectivity index (χ0) is 19.9. The van der Waals surface area contributed by atoms with E-state index >= 15 is 0 Å². The first kappa shape index (κ1) is 17.8. The summed E-state index contributed by atoms with van der Waals surface area (Å²) in [6.45, 7) is 0.231. The first-order chi connectivity index (χ1) is 13.3. The fourth-order valence-electron chi connectivity index (χ4n) is 2.81. The molecule has 4 aromatic rings. The van der Waals surface area contributed by atoms with Crippen LogP contribution in [-0.2, 0) is 13.6 Å². The molecule has 144 valence electrons. The largest absolute Gasteiger partial charge is 0.573 e. The minimum absolute atomic E-state index is 0.231. The average Bonchev–Trinajstić information content (AvgIpc) is 3.17. The molecule has 0 N–H and O–H groups in total. The summed E-state index contributed by atoms with van der Waals surface area (Å²) in [7, 11) is 1.77. The van der Waals surface area contributed by atoms with E-state index in [1.54, 1.807) is 36.3 Å². The lowest BCUT2D eigenvalue weighted by molar-refractivity contribution is -0.274. The van der Waals surface area contributed by atoms with Crippen LogP contribution in [0.4, 0.5) is 13.2 Å². The molecule has 0 saturated heterocycles. The predicted molar refractivity (Wildman–Crippen MR) is 92.7 cm³/mol. The molecule has 0 atom stereocenters.